The number of hydrogen-bond donors (Lipinski definition) is 0. The Morgan fingerprint density at radius 2 is 2.00 bits per heavy atom. The fraction of sp³-hybridized carbons (Fsp3) is 0.250. The van der Waals surface area contributed by atoms with Gasteiger partial charge in [0, 0.05) is 30.6 Å². The monoisotopic (exact) mass is 302 g/mol. The van der Waals surface area contributed by atoms with E-state index in [1.54, 1.807) is 12.1 Å². The van der Waals surface area contributed by atoms with Gasteiger partial charge in [-0.1, -0.05) is 18.2 Å². The zero-order valence-electron chi connectivity index (χ0n) is 12.2. The highest BCUT2D eigenvalue weighted by molar-refractivity contribution is 5.59. The van der Waals surface area contributed by atoms with Crippen LogP contribution in [-0.2, 0) is 6.54 Å². The normalized spacial score (nSPS) is 14.2. The highest BCUT2D eigenvalue weighted by Crippen LogP contribution is 2.24. The zero-order chi connectivity index (χ0) is 15.5. The highest BCUT2D eigenvalue weighted by Gasteiger charge is 2.11. The van der Waals surface area contributed by atoms with Crippen LogP contribution in [-0.4, -0.2) is 33.7 Å². The fourth-order valence-corrected chi connectivity index (χ4v) is 2.33. The van der Waals surface area contributed by atoms with E-state index in [-0.39, 0.29) is 5.56 Å². The van der Waals surface area contributed by atoms with Crippen LogP contribution in [0.2, 0.25) is 0 Å². The molecule has 0 N–H and O–H groups in total. The average molecular weight is 302 g/mol. The summed E-state index contributed by atoms with van der Waals surface area (Å²) in [6.45, 7) is 1.49. The van der Waals surface area contributed by atoms with Crippen molar-refractivity contribution < 1.29 is 8.78 Å². The topological polar surface area (TPSA) is 32.3 Å². The number of aromatic nitrogens is 2. The summed E-state index contributed by atoms with van der Waals surface area (Å²) < 4.78 is 25.5. The largest absolute Gasteiger partial charge is 0.362 e. The van der Waals surface area contributed by atoms with Crippen molar-refractivity contribution in [1.82, 2.24) is 20.0 Å². The predicted molar refractivity (Wildman–Crippen MR) is 79.7 cm³/mol. The van der Waals surface area contributed by atoms with Gasteiger partial charge in [-0.05, 0) is 18.2 Å². The van der Waals surface area contributed by atoms with Crippen LogP contribution in [0.1, 0.15) is 17.7 Å². The lowest BCUT2D eigenvalue weighted by atomic mass is 10.1. The summed E-state index contributed by atoms with van der Waals surface area (Å²) in [7, 11) is 2.00. The van der Waals surface area contributed by atoms with Crippen LogP contribution in [0.15, 0.2) is 48.8 Å². The van der Waals surface area contributed by atoms with Crippen LogP contribution in [0, 0.1) is 0 Å². The van der Waals surface area contributed by atoms with Gasteiger partial charge in [-0.2, -0.15) is 10.2 Å². The first-order valence-electron chi connectivity index (χ1n) is 6.95. The molecule has 0 atom stereocenters. The summed E-state index contributed by atoms with van der Waals surface area (Å²) >= 11 is 0. The van der Waals surface area contributed by atoms with Crippen molar-refractivity contribution in [1.29, 1.82) is 0 Å². The molecule has 3 rings (SSSR count). The van der Waals surface area contributed by atoms with E-state index in [0.29, 0.717) is 17.8 Å². The van der Waals surface area contributed by atoms with E-state index < -0.39 is 6.43 Å². The number of rotatable bonds is 4. The van der Waals surface area contributed by atoms with E-state index in [0.717, 1.165) is 12.4 Å². The molecule has 1 aliphatic rings. The maximum absolute atomic E-state index is 12.7. The van der Waals surface area contributed by atoms with E-state index in [4.69, 9.17) is 0 Å². The molecule has 0 amide bonds. The molecule has 2 heterocycles. The average Bonchev–Trinajstić information content (AvgIpc) is 2.93. The van der Waals surface area contributed by atoms with Crippen molar-refractivity contribution in [3.05, 3.63) is 60.1 Å². The van der Waals surface area contributed by atoms with Gasteiger partial charge in [0.2, 0.25) is 0 Å². The molecule has 0 aliphatic carbocycles. The second-order valence-corrected chi connectivity index (χ2v) is 5.28. The zero-order valence-corrected chi connectivity index (χ0v) is 12.2. The first-order valence-corrected chi connectivity index (χ1v) is 6.95. The van der Waals surface area contributed by atoms with Crippen molar-refractivity contribution in [3.8, 4) is 11.3 Å². The van der Waals surface area contributed by atoms with Gasteiger partial charge in [-0.15, -0.1) is 0 Å². The number of alkyl halides is 2. The summed E-state index contributed by atoms with van der Waals surface area (Å²) in [5.74, 6) is 0. The van der Waals surface area contributed by atoms with Gasteiger partial charge in [0.05, 0.1) is 24.6 Å². The maximum Gasteiger partial charge on any atom is 0.263 e. The maximum atomic E-state index is 12.7. The van der Waals surface area contributed by atoms with Crippen LogP contribution in [0.4, 0.5) is 8.78 Å². The lowest BCUT2D eigenvalue weighted by molar-refractivity contribution is 0.151. The van der Waals surface area contributed by atoms with E-state index in [2.05, 4.69) is 20.0 Å². The smallest absolute Gasteiger partial charge is 0.263 e. The molecule has 2 aromatic rings. The molecule has 4 nitrogen and oxygen atoms in total. The third kappa shape index (κ3) is 3.21. The molecular weight excluding hydrogens is 286 g/mol. The molecule has 0 saturated carbocycles. The minimum atomic E-state index is -2.48. The Bertz CT molecular complexity index is 670. The molecule has 0 unspecified atom stereocenters. The van der Waals surface area contributed by atoms with E-state index in [9.17, 15) is 8.78 Å². The number of halogens is 2. The number of hydrogen-bond acceptors (Lipinski definition) is 4. The Balaban J connectivity index is 1.74. The highest BCUT2D eigenvalue weighted by atomic mass is 19.3. The standard InChI is InChI=1S/C16H16F2N4/c1-21-7-8-22(11-21)10-14-5-6-15(20-19-14)12-3-2-4-13(9-12)16(17)18/h2-9,16H,10-11H2,1H3. The second-order valence-electron chi connectivity index (χ2n) is 5.28. The summed E-state index contributed by atoms with van der Waals surface area (Å²) in [6.07, 6.45) is 1.52. The van der Waals surface area contributed by atoms with Crippen LogP contribution < -0.4 is 0 Å². The Kier molecular flexibility index (Phi) is 4.00. The summed E-state index contributed by atoms with van der Waals surface area (Å²) in [5.41, 5.74) is 2.08. The molecule has 22 heavy (non-hydrogen) atoms. The Labute approximate surface area is 127 Å². The molecular formula is C16H16F2N4. The molecule has 0 spiro atoms. The van der Waals surface area contributed by atoms with Gasteiger partial charge >= 0.3 is 0 Å². The Morgan fingerprint density at radius 3 is 2.64 bits per heavy atom. The number of nitrogens with zero attached hydrogens (tertiary/aromatic N) is 4. The molecule has 1 aliphatic heterocycles. The van der Waals surface area contributed by atoms with Crippen LogP contribution >= 0.6 is 0 Å². The van der Waals surface area contributed by atoms with Crippen molar-refractivity contribution in [2.24, 2.45) is 0 Å². The Morgan fingerprint density at radius 1 is 1.14 bits per heavy atom. The molecule has 0 radical (unpaired) electrons. The minimum absolute atomic E-state index is 0.00591. The summed E-state index contributed by atoms with van der Waals surface area (Å²) in [6, 6.07) is 9.92. The third-order valence-corrected chi connectivity index (χ3v) is 3.46. The van der Waals surface area contributed by atoms with Crippen LogP contribution in [0.25, 0.3) is 11.3 Å². The van der Waals surface area contributed by atoms with Crippen molar-refractivity contribution in [2.75, 3.05) is 13.7 Å². The SMILES string of the molecule is CN1C=CN(Cc2ccc(-c3cccc(C(F)F)c3)nn2)C1. The van der Waals surface area contributed by atoms with E-state index >= 15 is 0 Å². The predicted octanol–water partition coefficient (Wildman–Crippen LogP) is 3.26. The summed E-state index contributed by atoms with van der Waals surface area (Å²) in [5, 5.41) is 8.34. The quantitative estimate of drug-likeness (QED) is 0.868. The van der Waals surface area contributed by atoms with Gasteiger partial charge in [0.1, 0.15) is 0 Å². The minimum Gasteiger partial charge on any atom is -0.362 e. The molecule has 0 saturated heterocycles. The second kappa shape index (κ2) is 6.09. The van der Waals surface area contributed by atoms with Crippen molar-refractivity contribution in [2.45, 2.75) is 13.0 Å². The third-order valence-electron chi connectivity index (χ3n) is 3.46. The van der Waals surface area contributed by atoms with Gasteiger partial charge in [-0.25, -0.2) is 8.78 Å². The van der Waals surface area contributed by atoms with E-state index in [1.165, 1.54) is 12.1 Å². The first-order chi connectivity index (χ1) is 10.6. The first kappa shape index (κ1) is 14.4. The van der Waals surface area contributed by atoms with Gasteiger partial charge in [0.25, 0.3) is 6.43 Å². The van der Waals surface area contributed by atoms with Crippen molar-refractivity contribution in [3.63, 3.8) is 0 Å². The lowest BCUT2D eigenvalue weighted by Crippen LogP contribution is -2.22. The molecule has 0 bridgehead atoms. The summed E-state index contributed by atoms with van der Waals surface area (Å²) in [4.78, 5) is 4.18. The van der Waals surface area contributed by atoms with Crippen molar-refractivity contribution >= 4 is 0 Å². The Hall–Kier alpha value is -2.50. The molecule has 6 heteroatoms. The molecule has 1 aromatic heterocycles. The molecule has 1 aromatic carbocycles. The fourth-order valence-electron chi connectivity index (χ4n) is 2.33. The molecule has 114 valence electrons. The number of benzene rings is 1. The van der Waals surface area contributed by atoms with Crippen LogP contribution in [0.3, 0.4) is 0 Å². The van der Waals surface area contributed by atoms with Gasteiger partial charge in [-0.3, -0.25) is 0 Å². The van der Waals surface area contributed by atoms with Gasteiger partial charge < -0.3 is 9.80 Å². The lowest BCUT2D eigenvalue weighted by Gasteiger charge is -2.17. The van der Waals surface area contributed by atoms with Crippen LogP contribution in [0.5, 0.6) is 0 Å². The molecule has 0 fully saturated rings. The van der Waals surface area contributed by atoms with E-state index in [1.807, 2.05) is 31.6 Å². The van der Waals surface area contributed by atoms with Gasteiger partial charge in [0.15, 0.2) is 0 Å².